The standard InChI is InChI=1S/C21H30N4OS/c1-16-9-10-19(27-16)14-23-21(22-2)24-15-20(25-11-4-5-12-25)17-7-6-8-18(13-17)26-3/h6-10,13,20H,4-5,11-12,14-15H2,1-3H3,(H2,22,23,24). The van der Waals surface area contributed by atoms with Crippen LogP contribution in [0.3, 0.4) is 0 Å². The summed E-state index contributed by atoms with van der Waals surface area (Å²) < 4.78 is 5.43. The zero-order valence-corrected chi connectivity index (χ0v) is 17.3. The number of hydrogen-bond acceptors (Lipinski definition) is 4. The summed E-state index contributed by atoms with van der Waals surface area (Å²) in [6.45, 7) is 6.03. The molecule has 1 aromatic carbocycles. The number of likely N-dealkylation sites (tertiary alicyclic amines) is 1. The monoisotopic (exact) mass is 386 g/mol. The summed E-state index contributed by atoms with van der Waals surface area (Å²) in [5.41, 5.74) is 1.29. The Morgan fingerprint density at radius 2 is 2.04 bits per heavy atom. The van der Waals surface area contributed by atoms with E-state index in [9.17, 15) is 0 Å². The molecule has 1 aliphatic heterocycles. The number of rotatable bonds is 7. The number of methoxy groups -OCH3 is 1. The molecule has 0 saturated carbocycles. The third-order valence-electron chi connectivity index (χ3n) is 4.97. The fraction of sp³-hybridized carbons (Fsp3) is 0.476. The lowest BCUT2D eigenvalue weighted by Gasteiger charge is -2.29. The van der Waals surface area contributed by atoms with Gasteiger partial charge in [0.2, 0.25) is 0 Å². The largest absolute Gasteiger partial charge is 0.497 e. The summed E-state index contributed by atoms with van der Waals surface area (Å²) in [7, 11) is 3.55. The van der Waals surface area contributed by atoms with Crippen molar-refractivity contribution in [1.29, 1.82) is 0 Å². The van der Waals surface area contributed by atoms with Crippen molar-refractivity contribution in [1.82, 2.24) is 15.5 Å². The van der Waals surface area contributed by atoms with E-state index in [1.807, 2.05) is 24.5 Å². The Morgan fingerprint density at radius 3 is 2.70 bits per heavy atom. The molecule has 1 fully saturated rings. The molecular weight excluding hydrogens is 356 g/mol. The number of ether oxygens (including phenoxy) is 1. The van der Waals surface area contributed by atoms with Crippen LogP contribution in [0.2, 0.25) is 0 Å². The molecule has 0 amide bonds. The van der Waals surface area contributed by atoms with Crippen LogP contribution >= 0.6 is 11.3 Å². The maximum atomic E-state index is 5.43. The Labute approximate surface area is 166 Å². The van der Waals surface area contributed by atoms with E-state index in [0.29, 0.717) is 6.04 Å². The first kappa shape index (κ1) is 19.7. The van der Waals surface area contributed by atoms with Gasteiger partial charge in [-0.3, -0.25) is 9.89 Å². The summed E-state index contributed by atoms with van der Waals surface area (Å²) in [4.78, 5) is 9.60. The number of nitrogens with one attached hydrogen (secondary N) is 2. The van der Waals surface area contributed by atoms with Gasteiger partial charge in [-0.05, 0) is 62.7 Å². The fourth-order valence-electron chi connectivity index (χ4n) is 3.52. The van der Waals surface area contributed by atoms with Crippen LogP contribution in [0, 0.1) is 6.92 Å². The van der Waals surface area contributed by atoms with Gasteiger partial charge in [-0.2, -0.15) is 0 Å². The molecule has 1 atom stereocenters. The highest BCUT2D eigenvalue weighted by Gasteiger charge is 2.24. The number of hydrogen-bond donors (Lipinski definition) is 2. The minimum atomic E-state index is 0.310. The summed E-state index contributed by atoms with van der Waals surface area (Å²) in [6.07, 6.45) is 2.54. The zero-order chi connectivity index (χ0) is 19.1. The van der Waals surface area contributed by atoms with Crippen molar-refractivity contribution in [2.75, 3.05) is 33.8 Å². The van der Waals surface area contributed by atoms with Crippen LogP contribution < -0.4 is 15.4 Å². The molecule has 0 radical (unpaired) electrons. The molecule has 5 nitrogen and oxygen atoms in total. The van der Waals surface area contributed by atoms with E-state index in [0.717, 1.165) is 37.9 Å². The summed E-state index contributed by atoms with van der Waals surface area (Å²) in [6, 6.07) is 13.1. The topological polar surface area (TPSA) is 48.9 Å². The fourth-order valence-corrected chi connectivity index (χ4v) is 4.35. The third-order valence-corrected chi connectivity index (χ3v) is 5.97. The summed E-state index contributed by atoms with van der Waals surface area (Å²) in [5.74, 6) is 1.75. The molecule has 1 saturated heterocycles. The molecule has 0 bridgehead atoms. The molecule has 1 unspecified atom stereocenters. The van der Waals surface area contributed by atoms with Crippen LogP contribution in [-0.4, -0.2) is 44.7 Å². The highest BCUT2D eigenvalue weighted by Crippen LogP contribution is 2.27. The van der Waals surface area contributed by atoms with Gasteiger partial charge < -0.3 is 15.4 Å². The van der Waals surface area contributed by atoms with Gasteiger partial charge in [0.15, 0.2) is 5.96 Å². The van der Waals surface area contributed by atoms with Crippen molar-refractivity contribution < 1.29 is 4.74 Å². The molecule has 3 rings (SSSR count). The van der Waals surface area contributed by atoms with Crippen molar-refractivity contribution in [3.05, 3.63) is 51.7 Å². The maximum Gasteiger partial charge on any atom is 0.191 e. The molecular formula is C21H30N4OS. The maximum absolute atomic E-state index is 5.43. The van der Waals surface area contributed by atoms with Crippen LogP contribution in [0.1, 0.15) is 34.2 Å². The lowest BCUT2D eigenvalue weighted by molar-refractivity contribution is 0.245. The average molecular weight is 387 g/mol. The minimum absolute atomic E-state index is 0.310. The first-order chi connectivity index (χ1) is 13.2. The first-order valence-corrected chi connectivity index (χ1v) is 10.4. The van der Waals surface area contributed by atoms with Gasteiger partial charge in [-0.1, -0.05) is 12.1 Å². The van der Waals surface area contributed by atoms with E-state index in [-0.39, 0.29) is 0 Å². The van der Waals surface area contributed by atoms with Crippen LogP contribution in [0.25, 0.3) is 0 Å². The third kappa shape index (κ3) is 5.47. The molecule has 2 heterocycles. The normalized spacial score (nSPS) is 16.3. The second-order valence-corrected chi connectivity index (χ2v) is 8.23. The second-order valence-electron chi connectivity index (χ2n) is 6.85. The predicted octanol–water partition coefficient (Wildman–Crippen LogP) is 3.57. The lowest BCUT2D eigenvalue weighted by Crippen LogP contribution is -2.42. The number of aryl methyl sites for hydroxylation is 1. The van der Waals surface area contributed by atoms with Crippen molar-refractivity contribution in [2.24, 2.45) is 4.99 Å². The van der Waals surface area contributed by atoms with E-state index < -0.39 is 0 Å². The molecule has 1 aliphatic rings. The second kappa shape index (κ2) is 9.76. The first-order valence-electron chi connectivity index (χ1n) is 9.57. The van der Waals surface area contributed by atoms with Crippen molar-refractivity contribution in [3.8, 4) is 5.75 Å². The minimum Gasteiger partial charge on any atom is -0.497 e. The lowest BCUT2D eigenvalue weighted by atomic mass is 10.1. The van der Waals surface area contributed by atoms with Crippen molar-refractivity contribution in [2.45, 2.75) is 32.4 Å². The van der Waals surface area contributed by atoms with E-state index >= 15 is 0 Å². The van der Waals surface area contributed by atoms with E-state index in [2.05, 4.69) is 57.8 Å². The van der Waals surface area contributed by atoms with E-state index in [4.69, 9.17) is 4.74 Å². The molecule has 146 valence electrons. The van der Waals surface area contributed by atoms with Crippen LogP contribution in [0.15, 0.2) is 41.4 Å². The van der Waals surface area contributed by atoms with Gasteiger partial charge in [0.25, 0.3) is 0 Å². The molecule has 6 heteroatoms. The summed E-state index contributed by atoms with van der Waals surface area (Å²) in [5, 5.41) is 6.95. The van der Waals surface area contributed by atoms with Gasteiger partial charge in [0.1, 0.15) is 5.75 Å². The molecule has 1 aromatic heterocycles. The number of nitrogens with zero attached hydrogens (tertiary/aromatic N) is 2. The Kier molecular flexibility index (Phi) is 7.12. The molecule has 0 aliphatic carbocycles. The Balaban J connectivity index is 1.64. The summed E-state index contributed by atoms with van der Waals surface area (Å²) >= 11 is 1.82. The van der Waals surface area contributed by atoms with Crippen LogP contribution in [0.4, 0.5) is 0 Å². The number of aliphatic imine (C=N–C) groups is 1. The quantitative estimate of drug-likeness (QED) is 0.564. The van der Waals surface area contributed by atoms with E-state index in [1.54, 1.807) is 7.11 Å². The number of benzene rings is 1. The van der Waals surface area contributed by atoms with Gasteiger partial charge in [0.05, 0.1) is 19.7 Å². The zero-order valence-electron chi connectivity index (χ0n) is 16.5. The molecule has 2 N–H and O–H groups in total. The Bertz CT molecular complexity index is 752. The van der Waals surface area contributed by atoms with Gasteiger partial charge in [0, 0.05) is 23.3 Å². The Hall–Kier alpha value is -2.05. The molecule has 2 aromatic rings. The highest BCUT2D eigenvalue weighted by molar-refractivity contribution is 7.11. The van der Waals surface area contributed by atoms with Gasteiger partial charge in [-0.25, -0.2) is 0 Å². The number of thiophene rings is 1. The van der Waals surface area contributed by atoms with E-state index in [1.165, 1.54) is 28.2 Å². The van der Waals surface area contributed by atoms with Crippen LogP contribution in [-0.2, 0) is 6.54 Å². The van der Waals surface area contributed by atoms with Crippen molar-refractivity contribution >= 4 is 17.3 Å². The predicted molar refractivity (Wildman–Crippen MR) is 114 cm³/mol. The SMILES string of the molecule is CN=C(NCc1ccc(C)s1)NCC(c1cccc(OC)c1)N1CCCC1. The van der Waals surface area contributed by atoms with Gasteiger partial charge >= 0.3 is 0 Å². The van der Waals surface area contributed by atoms with Crippen LogP contribution in [0.5, 0.6) is 5.75 Å². The highest BCUT2D eigenvalue weighted by atomic mass is 32.1. The van der Waals surface area contributed by atoms with Crippen molar-refractivity contribution in [3.63, 3.8) is 0 Å². The number of guanidine groups is 1. The smallest absolute Gasteiger partial charge is 0.191 e. The van der Waals surface area contributed by atoms with Gasteiger partial charge in [-0.15, -0.1) is 11.3 Å². The molecule has 0 spiro atoms. The molecule has 27 heavy (non-hydrogen) atoms. The Morgan fingerprint density at radius 1 is 1.22 bits per heavy atom. The average Bonchev–Trinajstić information content (AvgIpc) is 3.36.